The van der Waals surface area contributed by atoms with Gasteiger partial charge in [-0.05, 0) is 90.3 Å². The molecule has 3 rings (SSSR count). The van der Waals surface area contributed by atoms with Gasteiger partial charge in [0.15, 0.2) is 0 Å². The molecule has 0 bridgehead atoms. The molecule has 0 saturated carbocycles. The number of likely N-dealkylation sites (N-methyl/N-ethyl adjacent to an activating group) is 1. The Morgan fingerprint density at radius 1 is 0.848 bits per heavy atom. The van der Waals surface area contributed by atoms with Gasteiger partial charge in [-0.2, -0.15) is 0 Å². The van der Waals surface area contributed by atoms with Crippen molar-refractivity contribution in [2.24, 2.45) is 11.3 Å². The van der Waals surface area contributed by atoms with Crippen LogP contribution in [-0.4, -0.2) is 120 Å². The maximum Gasteiger partial charge on any atom is 0.249 e. The van der Waals surface area contributed by atoms with Gasteiger partial charge in [0.1, 0.15) is 12.1 Å². The number of amides is 4. The summed E-state index contributed by atoms with van der Waals surface area (Å²) in [5.74, 6) is -0.481. The van der Waals surface area contributed by atoms with Crippen LogP contribution in [0.3, 0.4) is 0 Å². The van der Waals surface area contributed by atoms with Crippen molar-refractivity contribution in [2.45, 2.75) is 137 Å². The Morgan fingerprint density at radius 3 is 2.09 bits per heavy atom. The van der Waals surface area contributed by atoms with Crippen molar-refractivity contribution in [3.63, 3.8) is 0 Å². The van der Waals surface area contributed by atoms with E-state index in [9.17, 15) is 19.2 Å². The Morgan fingerprint density at radius 2 is 1.48 bits per heavy atom. The van der Waals surface area contributed by atoms with Gasteiger partial charge >= 0.3 is 0 Å². The minimum absolute atomic E-state index is 0.0234. The van der Waals surface area contributed by atoms with E-state index in [1.807, 2.05) is 40.7 Å². The van der Waals surface area contributed by atoms with Crippen LogP contribution in [0.4, 0.5) is 0 Å². The van der Waals surface area contributed by atoms with Gasteiger partial charge in [0.2, 0.25) is 23.6 Å². The number of carbonyl (C=O) groups excluding carboxylic acids is 4. The van der Waals surface area contributed by atoms with Crippen LogP contribution in [0.15, 0.2) is 11.6 Å². The number of likely N-dealkylation sites (tertiary alicyclic amines) is 3. The molecule has 10 heteroatoms. The number of rotatable bonds is 12. The number of nitrogens with zero attached hydrogens (tertiary/aromatic N) is 4. The van der Waals surface area contributed by atoms with Gasteiger partial charge in [-0.15, -0.1) is 0 Å². The fourth-order valence-corrected chi connectivity index (χ4v) is 7.32. The molecule has 0 aromatic heterocycles. The summed E-state index contributed by atoms with van der Waals surface area (Å²) in [4.78, 5) is 62.7. The fraction of sp³-hybridized carbons (Fsp3) is 0.833. The second-order valence-electron chi connectivity index (χ2n) is 15.5. The molecule has 3 aliphatic rings. The minimum atomic E-state index is -0.719. The predicted molar refractivity (Wildman–Crippen MR) is 184 cm³/mol. The van der Waals surface area contributed by atoms with Gasteiger partial charge in [0.05, 0.1) is 12.1 Å². The standard InChI is InChI=1S/C36H64N6O4/c1-25(2)30(39(9)35(46)31(36(6,7)8)38-33(44)29-16-11-14-21-41(29)26(3)4)24-27(5)34(45)42-22-15-17-28(42)32(43)37-18-23-40-19-12-10-13-20-40/h24-26,28-31H,10-23H2,1-9H3,(H,37,43)(H,38,44)/b27-24+. The van der Waals surface area contributed by atoms with Crippen molar-refractivity contribution in [2.75, 3.05) is 46.3 Å². The molecule has 3 fully saturated rings. The molecule has 262 valence electrons. The highest BCUT2D eigenvalue weighted by atomic mass is 16.2. The molecule has 46 heavy (non-hydrogen) atoms. The van der Waals surface area contributed by atoms with E-state index in [0.29, 0.717) is 25.1 Å². The third-order valence-electron chi connectivity index (χ3n) is 10.1. The van der Waals surface area contributed by atoms with Gasteiger partial charge in [-0.1, -0.05) is 53.5 Å². The lowest BCUT2D eigenvalue weighted by Crippen LogP contribution is -2.60. The van der Waals surface area contributed by atoms with E-state index in [4.69, 9.17) is 0 Å². The molecule has 0 aliphatic carbocycles. The molecule has 3 heterocycles. The van der Waals surface area contributed by atoms with Crippen LogP contribution in [0.2, 0.25) is 0 Å². The van der Waals surface area contributed by atoms with E-state index >= 15 is 0 Å². The second-order valence-corrected chi connectivity index (χ2v) is 15.5. The summed E-state index contributed by atoms with van der Waals surface area (Å²) < 4.78 is 0. The van der Waals surface area contributed by atoms with Gasteiger partial charge in [-0.3, -0.25) is 24.1 Å². The first-order valence-electron chi connectivity index (χ1n) is 18.0. The van der Waals surface area contributed by atoms with Crippen LogP contribution >= 0.6 is 0 Å². The second kappa shape index (κ2) is 17.1. The fourth-order valence-electron chi connectivity index (χ4n) is 7.32. The number of piperidine rings is 2. The number of nitrogens with one attached hydrogen (secondary N) is 2. The average molecular weight is 645 g/mol. The lowest BCUT2D eigenvalue weighted by Gasteiger charge is -2.41. The maximum absolute atomic E-state index is 14.1. The Balaban J connectivity index is 1.70. The monoisotopic (exact) mass is 644 g/mol. The summed E-state index contributed by atoms with van der Waals surface area (Å²) in [6, 6.07) is -1.55. The Kier molecular flexibility index (Phi) is 14.1. The van der Waals surface area contributed by atoms with Crippen LogP contribution in [0.25, 0.3) is 0 Å². The maximum atomic E-state index is 14.1. The lowest BCUT2D eigenvalue weighted by atomic mass is 9.84. The molecule has 10 nitrogen and oxygen atoms in total. The number of hydrogen-bond donors (Lipinski definition) is 2. The average Bonchev–Trinajstić information content (AvgIpc) is 3.51. The summed E-state index contributed by atoms with van der Waals surface area (Å²) in [5.41, 5.74) is 0.0101. The zero-order chi connectivity index (χ0) is 34.2. The van der Waals surface area contributed by atoms with Crippen LogP contribution in [0, 0.1) is 11.3 Å². The van der Waals surface area contributed by atoms with Gasteiger partial charge in [0.25, 0.3) is 0 Å². The highest BCUT2D eigenvalue weighted by Crippen LogP contribution is 2.27. The molecule has 0 radical (unpaired) electrons. The molecule has 4 unspecified atom stereocenters. The smallest absolute Gasteiger partial charge is 0.249 e. The quantitative estimate of drug-likeness (QED) is 0.313. The summed E-state index contributed by atoms with van der Waals surface area (Å²) in [7, 11) is 1.77. The summed E-state index contributed by atoms with van der Waals surface area (Å²) in [6.45, 7) is 21.0. The summed E-state index contributed by atoms with van der Waals surface area (Å²) in [6.07, 6.45) is 9.89. The third-order valence-corrected chi connectivity index (χ3v) is 10.1. The largest absolute Gasteiger partial charge is 0.353 e. The lowest BCUT2D eigenvalue weighted by molar-refractivity contribution is -0.142. The zero-order valence-electron chi connectivity index (χ0n) is 30.4. The van der Waals surface area contributed by atoms with E-state index < -0.39 is 17.5 Å². The van der Waals surface area contributed by atoms with Crippen molar-refractivity contribution in [1.82, 2.24) is 30.2 Å². The van der Waals surface area contributed by atoms with Crippen molar-refractivity contribution in [3.8, 4) is 0 Å². The zero-order valence-corrected chi connectivity index (χ0v) is 30.4. The normalized spacial score (nSPS) is 23.4. The summed E-state index contributed by atoms with van der Waals surface area (Å²) in [5, 5.41) is 6.23. The third kappa shape index (κ3) is 10.0. The van der Waals surface area contributed by atoms with Gasteiger partial charge in [-0.25, -0.2) is 0 Å². The molecule has 3 saturated heterocycles. The topological polar surface area (TPSA) is 105 Å². The van der Waals surface area contributed by atoms with Gasteiger partial charge in [0, 0.05) is 38.3 Å². The first kappa shape index (κ1) is 38.0. The number of hydrogen-bond acceptors (Lipinski definition) is 6. The number of carbonyl (C=O) groups is 4. The molecular weight excluding hydrogens is 580 g/mol. The SMILES string of the molecule is C/C(=C\C(C(C)C)N(C)C(=O)C(NC(=O)C1CCCCN1C(C)C)C(C)(C)C)C(=O)N1CCCC1C(=O)NCCN1CCCCC1. The Bertz CT molecular complexity index is 1080. The molecular formula is C36H64N6O4. The highest BCUT2D eigenvalue weighted by Gasteiger charge is 2.40. The van der Waals surface area contributed by atoms with Crippen molar-refractivity contribution in [3.05, 3.63) is 11.6 Å². The molecule has 0 aromatic carbocycles. The highest BCUT2D eigenvalue weighted by molar-refractivity contribution is 5.97. The molecule has 4 atom stereocenters. The van der Waals surface area contributed by atoms with E-state index in [1.165, 1.54) is 19.3 Å². The Hall–Kier alpha value is -2.46. The first-order valence-corrected chi connectivity index (χ1v) is 18.0. The van der Waals surface area contributed by atoms with Crippen molar-refractivity contribution in [1.29, 1.82) is 0 Å². The van der Waals surface area contributed by atoms with E-state index in [1.54, 1.807) is 23.8 Å². The van der Waals surface area contributed by atoms with Crippen LogP contribution in [0.5, 0.6) is 0 Å². The van der Waals surface area contributed by atoms with Crippen molar-refractivity contribution < 1.29 is 19.2 Å². The minimum Gasteiger partial charge on any atom is -0.353 e. The van der Waals surface area contributed by atoms with Crippen LogP contribution in [-0.2, 0) is 19.2 Å². The molecule has 3 aliphatic heterocycles. The predicted octanol–water partition coefficient (Wildman–Crippen LogP) is 3.80. The first-order chi connectivity index (χ1) is 21.6. The van der Waals surface area contributed by atoms with E-state index in [0.717, 1.165) is 51.9 Å². The molecule has 0 spiro atoms. The van der Waals surface area contributed by atoms with Gasteiger partial charge < -0.3 is 25.3 Å². The van der Waals surface area contributed by atoms with Crippen LogP contribution < -0.4 is 10.6 Å². The molecule has 0 aromatic rings. The van der Waals surface area contributed by atoms with Crippen LogP contribution in [0.1, 0.15) is 107 Å². The molecule has 2 N–H and O–H groups in total. The molecule has 4 amide bonds. The van der Waals surface area contributed by atoms with Crippen molar-refractivity contribution >= 4 is 23.6 Å². The van der Waals surface area contributed by atoms with E-state index in [2.05, 4.69) is 34.3 Å². The summed E-state index contributed by atoms with van der Waals surface area (Å²) >= 11 is 0. The Labute approximate surface area is 279 Å². The van der Waals surface area contributed by atoms with E-state index in [-0.39, 0.29) is 47.7 Å².